The summed E-state index contributed by atoms with van der Waals surface area (Å²) in [4.78, 5) is 0. The molecule has 0 radical (unpaired) electrons. The molecule has 2 aliphatic carbocycles. The van der Waals surface area contributed by atoms with Crippen LogP contribution >= 0.6 is 23.2 Å². The van der Waals surface area contributed by atoms with Gasteiger partial charge in [0.05, 0.1) is 0 Å². The first-order chi connectivity index (χ1) is 7.59. The van der Waals surface area contributed by atoms with Crippen LogP contribution in [0.1, 0.15) is 39.5 Å². The number of hydrogen-bond donors (Lipinski definition) is 0. The molecule has 2 aliphatic rings. The summed E-state index contributed by atoms with van der Waals surface area (Å²) in [7, 11) is 0. The van der Waals surface area contributed by atoms with E-state index in [1.807, 2.05) is 0 Å². The summed E-state index contributed by atoms with van der Waals surface area (Å²) in [5.74, 6) is 0. The van der Waals surface area contributed by atoms with E-state index in [2.05, 4.69) is 26.0 Å². The fraction of sp³-hybridized carbons (Fsp3) is 0.429. The van der Waals surface area contributed by atoms with Crippen molar-refractivity contribution in [3.63, 3.8) is 0 Å². The molecule has 0 saturated carbocycles. The number of hydrogen-bond acceptors (Lipinski definition) is 0. The molecular formula is C14H16Cl2Ti. The third kappa shape index (κ3) is 3.38. The maximum atomic E-state index is 6.09. The topological polar surface area (TPSA) is 0 Å². The molecule has 0 bridgehead atoms. The Labute approximate surface area is 128 Å². The van der Waals surface area contributed by atoms with Crippen LogP contribution < -0.4 is 0 Å². The quantitative estimate of drug-likeness (QED) is 0.608. The SMILES string of the molecule is CC1=C(Cl)CC=C1CCC1=CCC(Cl)=C1C.[Ti]. The summed E-state index contributed by atoms with van der Waals surface area (Å²) in [5.41, 5.74) is 5.35. The minimum Gasteiger partial charge on any atom is -0.0885 e. The predicted molar refractivity (Wildman–Crippen MR) is 71.7 cm³/mol. The van der Waals surface area contributed by atoms with Gasteiger partial charge in [0.15, 0.2) is 0 Å². The van der Waals surface area contributed by atoms with Crippen molar-refractivity contribution >= 4 is 23.2 Å². The van der Waals surface area contributed by atoms with Gasteiger partial charge in [0, 0.05) is 44.6 Å². The number of allylic oxidation sites excluding steroid dienone is 8. The normalized spacial score (nSPS) is 19.5. The molecule has 0 aliphatic heterocycles. The first-order valence-corrected chi connectivity index (χ1v) is 6.44. The number of rotatable bonds is 3. The van der Waals surface area contributed by atoms with E-state index in [9.17, 15) is 0 Å². The molecule has 0 N–H and O–H groups in total. The van der Waals surface area contributed by atoms with Gasteiger partial charge in [0.2, 0.25) is 0 Å². The monoisotopic (exact) mass is 302 g/mol. The van der Waals surface area contributed by atoms with Crippen molar-refractivity contribution in [2.24, 2.45) is 0 Å². The Morgan fingerprint density at radius 1 is 0.882 bits per heavy atom. The van der Waals surface area contributed by atoms with E-state index in [0.717, 1.165) is 35.7 Å². The average Bonchev–Trinajstić information content (AvgIpc) is 2.74. The van der Waals surface area contributed by atoms with Gasteiger partial charge in [-0.3, -0.25) is 0 Å². The van der Waals surface area contributed by atoms with Crippen LogP contribution in [0.15, 0.2) is 44.5 Å². The van der Waals surface area contributed by atoms with Gasteiger partial charge in [0.25, 0.3) is 0 Å². The van der Waals surface area contributed by atoms with E-state index in [-0.39, 0.29) is 21.7 Å². The van der Waals surface area contributed by atoms with Crippen molar-refractivity contribution < 1.29 is 21.7 Å². The van der Waals surface area contributed by atoms with Gasteiger partial charge < -0.3 is 0 Å². The summed E-state index contributed by atoms with van der Waals surface area (Å²) in [6.07, 6.45) is 8.47. The largest absolute Gasteiger partial charge is 0.0885 e. The molecule has 0 nitrogen and oxygen atoms in total. The zero-order valence-corrected chi connectivity index (χ0v) is 13.3. The van der Waals surface area contributed by atoms with Gasteiger partial charge >= 0.3 is 0 Å². The Morgan fingerprint density at radius 2 is 1.24 bits per heavy atom. The van der Waals surface area contributed by atoms with Crippen molar-refractivity contribution in [2.45, 2.75) is 39.5 Å². The second kappa shape index (κ2) is 6.43. The van der Waals surface area contributed by atoms with E-state index in [4.69, 9.17) is 23.2 Å². The zero-order chi connectivity index (χ0) is 11.7. The molecule has 0 amide bonds. The average molecular weight is 303 g/mol. The van der Waals surface area contributed by atoms with Crippen LogP contribution in [0.2, 0.25) is 0 Å². The molecule has 0 heterocycles. The molecule has 90 valence electrons. The van der Waals surface area contributed by atoms with Crippen molar-refractivity contribution in [1.29, 1.82) is 0 Å². The maximum Gasteiger partial charge on any atom is 0.0250 e. The molecule has 3 heteroatoms. The maximum absolute atomic E-state index is 6.09. The second-order valence-corrected chi connectivity index (χ2v) is 5.34. The van der Waals surface area contributed by atoms with Crippen molar-refractivity contribution in [3.05, 3.63) is 44.5 Å². The Kier molecular flexibility index (Phi) is 5.79. The summed E-state index contributed by atoms with van der Waals surface area (Å²) < 4.78 is 0. The van der Waals surface area contributed by atoms with Gasteiger partial charge in [-0.15, -0.1) is 0 Å². The van der Waals surface area contributed by atoms with Crippen LogP contribution in [-0.4, -0.2) is 0 Å². The molecule has 0 aromatic carbocycles. The Balaban J connectivity index is 0.00000144. The van der Waals surface area contributed by atoms with Crippen LogP contribution in [0, 0.1) is 0 Å². The Hall–Kier alpha value is 0.254. The molecule has 0 unspecified atom stereocenters. The third-order valence-corrected chi connectivity index (χ3v) is 4.37. The van der Waals surface area contributed by atoms with E-state index < -0.39 is 0 Å². The fourth-order valence-corrected chi connectivity index (χ4v) is 2.63. The first kappa shape index (κ1) is 15.3. The summed E-state index contributed by atoms with van der Waals surface area (Å²) in [5, 5.41) is 2.00. The molecule has 0 spiro atoms. The summed E-state index contributed by atoms with van der Waals surface area (Å²) in [6, 6.07) is 0. The van der Waals surface area contributed by atoms with Crippen LogP contribution in [0.4, 0.5) is 0 Å². The van der Waals surface area contributed by atoms with Crippen LogP contribution in [-0.2, 0) is 21.7 Å². The van der Waals surface area contributed by atoms with Crippen LogP contribution in [0.5, 0.6) is 0 Å². The molecular weight excluding hydrogens is 287 g/mol. The predicted octanol–water partition coefficient (Wildman–Crippen LogP) is 5.45. The minimum absolute atomic E-state index is 0. The molecule has 0 saturated heterocycles. The summed E-state index contributed by atoms with van der Waals surface area (Å²) >= 11 is 12.2. The molecule has 2 rings (SSSR count). The second-order valence-electron chi connectivity index (χ2n) is 4.43. The van der Waals surface area contributed by atoms with Gasteiger partial charge in [-0.2, -0.15) is 0 Å². The van der Waals surface area contributed by atoms with Gasteiger partial charge in [0.1, 0.15) is 0 Å². The Morgan fingerprint density at radius 3 is 1.47 bits per heavy atom. The van der Waals surface area contributed by atoms with Crippen LogP contribution in [0.25, 0.3) is 0 Å². The molecule has 0 atom stereocenters. The van der Waals surface area contributed by atoms with E-state index in [1.165, 1.54) is 22.3 Å². The van der Waals surface area contributed by atoms with Gasteiger partial charge in [-0.05, 0) is 49.0 Å². The first-order valence-electron chi connectivity index (χ1n) is 5.69. The van der Waals surface area contributed by atoms with E-state index >= 15 is 0 Å². The zero-order valence-electron chi connectivity index (χ0n) is 10.2. The standard InChI is InChI=1S/C14H16Cl2.Ti/c1-9-11(5-7-13(9)15)3-4-12-6-8-14(16)10(12)2;/h5-6H,3-4,7-8H2,1-2H3;. The number of halogens is 2. The molecule has 0 fully saturated rings. The third-order valence-electron chi connectivity index (χ3n) is 3.50. The Bertz CT molecular complexity index is 397. The smallest absolute Gasteiger partial charge is 0.0250 e. The minimum atomic E-state index is 0. The van der Waals surface area contributed by atoms with Crippen LogP contribution in [0.3, 0.4) is 0 Å². The van der Waals surface area contributed by atoms with Crippen molar-refractivity contribution in [1.82, 2.24) is 0 Å². The van der Waals surface area contributed by atoms with Crippen molar-refractivity contribution in [2.75, 3.05) is 0 Å². The summed E-state index contributed by atoms with van der Waals surface area (Å²) in [6.45, 7) is 4.22. The van der Waals surface area contributed by atoms with E-state index in [1.54, 1.807) is 0 Å². The molecule has 17 heavy (non-hydrogen) atoms. The molecule has 0 aromatic rings. The van der Waals surface area contributed by atoms with Crippen molar-refractivity contribution in [3.8, 4) is 0 Å². The van der Waals surface area contributed by atoms with Gasteiger partial charge in [-0.25, -0.2) is 0 Å². The fourth-order valence-electron chi connectivity index (χ4n) is 2.23. The van der Waals surface area contributed by atoms with Gasteiger partial charge in [-0.1, -0.05) is 35.4 Å². The van der Waals surface area contributed by atoms with E-state index in [0.29, 0.717) is 0 Å². The molecule has 0 aromatic heterocycles.